The number of benzene rings is 3. The summed E-state index contributed by atoms with van der Waals surface area (Å²) in [5.74, 6) is -0.379. The smallest absolute Gasteiger partial charge is 0.339 e. The van der Waals surface area contributed by atoms with E-state index in [0.717, 1.165) is 47.5 Å². The number of amides is 2. The van der Waals surface area contributed by atoms with Crippen LogP contribution in [0.2, 0.25) is 0 Å². The minimum absolute atomic E-state index is 0.0294. The molecule has 192 valence electrons. The van der Waals surface area contributed by atoms with E-state index in [1.807, 2.05) is 45.9 Å². The highest BCUT2D eigenvalue weighted by Gasteiger charge is 2.23. The minimum Gasteiger partial charge on any atom is -0.493 e. The lowest BCUT2D eigenvalue weighted by Crippen LogP contribution is -2.40. The van der Waals surface area contributed by atoms with Crippen molar-refractivity contribution in [1.29, 1.82) is 0 Å². The van der Waals surface area contributed by atoms with Crippen LogP contribution in [0.5, 0.6) is 11.5 Å². The van der Waals surface area contributed by atoms with Crippen LogP contribution in [0.25, 0.3) is 0 Å². The maximum Gasteiger partial charge on any atom is 0.339 e. The highest BCUT2D eigenvalue weighted by molar-refractivity contribution is 7.87. The van der Waals surface area contributed by atoms with E-state index in [1.165, 1.54) is 13.2 Å². The summed E-state index contributed by atoms with van der Waals surface area (Å²) in [7, 11) is -2.84. The minimum atomic E-state index is -4.23. The molecule has 3 rings (SSSR count). The molecule has 0 aliphatic carbocycles. The van der Waals surface area contributed by atoms with Gasteiger partial charge in [0.15, 0.2) is 11.5 Å². The maximum absolute atomic E-state index is 13.2. The molecule has 1 atom stereocenters. The molecule has 0 unspecified atom stereocenters. The number of ether oxygens (including phenoxy) is 1. The molecule has 0 aliphatic rings. The zero-order valence-electron chi connectivity index (χ0n) is 21.0. The first-order valence-corrected chi connectivity index (χ1v) is 13.0. The van der Waals surface area contributed by atoms with Gasteiger partial charge in [-0.2, -0.15) is 8.42 Å². The van der Waals surface area contributed by atoms with Crippen LogP contribution in [-0.4, -0.2) is 32.5 Å². The molecule has 0 aliphatic heterocycles. The number of nitrogens with zero attached hydrogens (tertiary/aromatic N) is 1. The predicted octanol–water partition coefficient (Wildman–Crippen LogP) is 6.05. The first-order valence-electron chi connectivity index (χ1n) is 11.6. The van der Waals surface area contributed by atoms with Gasteiger partial charge < -0.3 is 19.1 Å². The average molecular weight is 515 g/mol. The molecular weight excluding hydrogens is 483 g/mol. The van der Waals surface area contributed by atoms with Crippen LogP contribution in [0.4, 0.5) is 14.9 Å². The third kappa shape index (κ3) is 6.54. The molecule has 0 heterocycles. The molecule has 2 amide bonds. The van der Waals surface area contributed by atoms with Gasteiger partial charge in [0.1, 0.15) is 10.7 Å². The van der Waals surface area contributed by atoms with Crippen LogP contribution in [0, 0.1) is 19.7 Å². The summed E-state index contributed by atoms with van der Waals surface area (Å²) in [5, 5.41) is 2.98. The van der Waals surface area contributed by atoms with Crippen molar-refractivity contribution in [3.05, 3.63) is 83.2 Å². The number of anilines is 1. The lowest BCUT2D eigenvalue weighted by atomic mass is 10.1. The average Bonchev–Trinajstić information content (AvgIpc) is 2.84. The highest BCUT2D eigenvalue weighted by atomic mass is 32.2. The predicted molar refractivity (Wildman–Crippen MR) is 137 cm³/mol. The molecule has 0 aromatic heterocycles. The van der Waals surface area contributed by atoms with E-state index < -0.39 is 15.9 Å². The van der Waals surface area contributed by atoms with Crippen LogP contribution in [-0.2, 0) is 16.7 Å². The number of aryl methyl sites for hydroxylation is 2. The number of methoxy groups -OCH3 is 1. The third-order valence-corrected chi connectivity index (χ3v) is 7.14. The van der Waals surface area contributed by atoms with Crippen molar-refractivity contribution in [2.45, 2.75) is 51.6 Å². The van der Waals surface area contributed by atoms with Crippen molar-refractivity contribution >= 4 is 21.8 Å². The number of urea groups is 1. The maximum atomic E-state index is 13.2. The van der Waals surface area contributed by atoms with Crippen molar-refractivity contribution in [1.82, 2.24) is 4.90 Å². The Morgan fingerprint density at radius 3 is 2.33 bits per heavy atom. The summed E-state index contributed by atoms with van der Waals surface area (Å²) in [5.41, 5.74) is 3.43. The fourth-order valence-corrected chi connectivity index (χ4v) is 4.57. The number of carbonyl (C=O) groups excluding carboxylic acids is 1. The van der Waals surface area contributed by atoms with Gasteiger partial charge in [-0.1, -0.05) is 30.7 Å². The van der Waals surface area contributed by atoms with E-state index >= 15 is 0 Å². The zero-order valence-corrected chi connectivity index (χ0v) is 21.9. The molecule has 9 heteroatoms. The molecule has 0 radical (unpaired) electrons. The molecule has 0 bridgehead atoms. The Balaban J connectivity index is 1.87. The first-order chi connectivity index (χ1) is 17.0. The molecule has 7 nitrogen and oxygen atoms in total. The summed E-state index contributed by atoms with van der Waals surface area (Å²) < 4.78 is 49.4. The SMILES string of the molecule is CC[C@H](C)N(Cc1ccc(OC)c(OS(=O)(=O)c2ccc(F)cc2)c1)C(=O)Nc1ccc(C)cc1C. The molecule has 0 saturated carbocycles. The lowest BCUT2D eigenvalue weighted by molar-refractivity contribution is 0.187. The van der Waals surface area contributed by atoms with Gasteiger partial charge in [-0.05, 0) is 80.8 Å². The van der Waals surface area contributed by atoms with Crippen LogP contribution >= 0.6 is 0 Å². The van der Waals surface area contributed by atoms with Gasteiger partial charge >= 0.3 is 16.1 Å². The Bertz CT molecular complexity index is 1330. The number of nitrogens with one attached hydrogen (secondary N) is 1. The van der Waals surface area contributed by atoms with Gasteiger partial charge in [0, 0.05) is 18.3 Å². The number of hydrogen-bond acceptors (Lipinski definition) is 5. The zero-order chi connectivity index (χ0) is 26.5. The van der Waals surface area contributed by atoms with Crippen LogP contribution in [0.1, 0.15) is 37.0 Å². The molecule has 0 spiro atoms. The molecule has 0 fully saturated rings. The summed E-state index contributed by atoms with van der Waals surface area (Å²) in [6, 6.07) is 14.6. The molecule has 3 aromatic rings. The Kier molecular flexibility index (Phi) is 8.57. The second-order valence-electron chi connectivity index (χ2n) is 8.61. The van der Waals surface area contributed by atoms with E-state index in [9.17, 15) is 17.6 Å². The summed E-state index contributed by atoms with van der Waals surface area (Å²) in [6.45, 7) is 8.07. The topological polar surface area (TPSA) is 84.9 Å². The fraction of sp³-hybridized carbons (Fsp3) is 0.296. The third-order valence-electron chi connectivity index (χ3n) is 5.89. The van der Waals surface area contributed by atoms with Crippen LogP contribution in [0.3, 0.4) is 0 Å². The number of carbonyl (C=O) groups is 1. The number of halogens is 1. The first kappa shape index (κ1) is 27.0. The second-order valence-corrected chi connectivity index (χ2v) is 10.2. The van der Waals surface area contributed by atoms with Crippen LogP contribution in [0.15, 0.2) is 65.6 Å². The Morgan fingerprint density at radius 2 is 1.72 bits per heavy atom. The standard InChI is InChI=1S/C27H31FN2O5S/c1-6-20(4)30(27(31)29-24-13-7-18(2)15-19(24)3)17-21-8-14-25(34-5)26(16-21)35-36(32,33)23-11-9-22(28)10-12-23/h7-16,20H,6,17H2,1-5H3,(H,29,31)/t20-/m0/s1. The van der Waals surface area contributed by atoms with Gasteiger partial charge in [0.05, 0.1) is 7.11 Å². The second kappa shape index (κ2) is 11.4. The Labute approximate surface area is 212 Å². The molecular formula is C27H31FN2O5S. The molecule has 1 N–H and O–H groups in total. The van der Waals surface area contributed by atoms with E-state index in [4.69, 9.17) is 8.92 Å². The van der Waals surface area contributed by atoms with Gasteiger partial charge in [-0.25, -0.2) is 9.18 Å². The van der Waals surface area contributed by atoms with Crippen molar-refractivity contribution in [3.63, 3.8) is 0 Å². The summed E-state index contributed by atoms with van der Waals surface area (Å²) >= 11 is 0. The fourth-order valence-electron chi connectivity index (χ4n) is 3.64. The van der Waals surface area contributed by atoms with Crippen molar-refractivity contribution in [2.75, 3.05) is 12.4 Å². The van der Waals surface area contributed by atoms with Gasteiger partial charge in [0.25, 0.3) is 0 Å². The van der Waals surface area contributed by atoms with Crippen LogP contribution < -0.4 is 14.2 Å². The quantitative estimate of drug-likeness (QED) is 0.351. The van der Waals surface area contributed by atoms with Gasteiger partial charge in [0.2, 0.25) is 0 Å². The monoisotopic (exact) mass is 514 g/mol. The molecule has 3 aromatic carbocycles. The lowest BCUT2D eigenvalue weighted by Gasteiger charge is -2.29. The van der Waals surface area contributed by atoms with E-state index in [1.54, 1.807) is 17.0 Å². The number of hydrogen-bond donors (Lipinski definition) is 1. The van der Waals surface area contributed by atoms with E-state index in [-0.39, 0.29) is 35.0 Å². The normalized spacial score (nSPS) is 12.1. The molecule has 0 saturated heterocycles. The van der Waals surface area contributed by atoms with E-state index in [2.05, 4.69) is 5.32 Å². The van der Waals surface area contributed by atoms with Crippen molar-refractivity contribution < 1.29 is 26.5 Å². The summed E-state index contributed by atoms with van der Waals surface area (Å²) in [4.78, 5) is 14.7. The number of rotatable bonds is 9. The largest absolute Gasteiger partial charge is 0.493 e. The highest BCUT2D eigenvalue weighted by Crippen LogP contribution is 2.32. The Hall–Kier alpha value is -3.59. The van der Waals surface area contributed by atoms with E-state index in [0.29, 0.717) is 5.56 Å². The van der Waals surface area contributed by atoms with Crippen molar-refractivity contribution in [3.8, 4) is 11.5 Å². The summed E-state index contributed by atoms with van der Waals surface area (Å²) in [6.07, 6.45) is 0.721. The van der Waals surface area contributed by atoms with Gasteiger partial charge in [-0.3, -0.25) is 0 Å². The van der Waals surface area contributed by atoms with Gasteiger partial charge in [-0.15, -0.1) is 0 Å². The Morgan fingerprint density at radius 1 is 1.03 bits per heavy atom. The van der Waals surface area contributed by atoms with Crippen molar-refractivity contribution in [2.24, 2.45) is 0 Å². The molecule has 36 heavy (non-hydrogen) atoms.